The van der Waals surface area contributed by atoms with Gasteiger partial charge in [-0.2, -0.15) is 4.31 Å². The van der Waals surface area contributed by atoms with E-state index in [1.165, 1.54) is 45.4 Å². The van der Waals surface area contributed by atoms with Gasteiger partial charge >= 0.3 is 0 Å². The fourth-order valence-electron chi connectivity index (χ4n) is 2.65. The van der Waals surface area contributed by atoms with Crippen LogP contribution in [0.25, 0.3) is 0 Å². The molecule has 0 spiro atoms. The standard InChI is InChI=1S/C15H18N4O4S2/c1-10-7-19(8-11(2)23-10)25(21,22)13-5-3-12(4-6-13)14(20)17-15-18-16-9-24-15/h3-6,9-11H,7-8H2,1-2H3,(H,17,18,20)/t10-,11+. The first kappa shape index (κ1) is 17.9. The van der Waals surface area contributed by atoms with E-state index in [9.17, 15) is 13.2 Å². The van der Waals surface area contributed by atoms with Crippen molar-refractivity contribution in [2.75, 3.05) is 18.4 Å². The Labute approximate surface area is 149 Å². The Balaban J connectivity index is 1.76. The van der Waals surface area contributed by atoms with Crippen LogP contribution in [0.2, 0.25) is 0 Å². The first-order valence-electron chi connectivity index (χ1n) is 7.69. The van der Waals surface area contributed by atoms with E-state index in [2.05, 4.69) is 15.5 Å². The minimum absolute atomic E-state index is 0.154. The Kier molecular flexibility index (Phi) is 5.13. The highest BCUT2D eigenvalue weighted by Gasteiger charge is 2.32. The van der Waals surface area contributed by atoms with E-state index in [-0.39, 0.29) is 23.0 Å². The summed E-state index contributed by atoms with van der Waals surface area (Å²) in [5, 5.41) is 10.4. The van der Waals surface area contributed by atoms with Crippen molar-refractivity contribution in [2.24, 2.45) is 0 Å². The highest BCUT2D eigenvalue weighted by atomic mass is 32.2. The number of rotatable bonds is 4. The molecule has 10 heteroatoms. The lowest BCUT2D eigenvalue weighted by Gasteiger charge is -2.34. The lowest BCUT2D eigenvalue weighted by molar-refractivity contribution is -0.0440. The number of aromatic nitrogens is 2. The van der Waals surface area contributed by atoms with Crippen LogP contribution in [-0.4, -0.2) is 54.1 Å². The van der Waals surface area contributed by atoms with Crippen LogP contribution < -0.4 is 5.32 Å². The van der Waals surface area contributed by atoms with Gasteiger partial charge in [0.2, 0.25) is 15.2 Å². The molecule has 0 saturated carbocycles. The molecule has 2 atom stereocenters. The van der Waals surface area contributed by atoms with Crippen LogP contribution in [0.4, 0.5) is 5.13 Å². The van der Waals surface area contributed by atoms with Crippen LogP contribution >= 0.6 is 11.3 Å². The van der Waals surface area contributed by atoms with E-state index in [0.29, 0.717) is 23.8 Å². The van der Waals surface area contributed by atoms with Gasteiger partial charge < -0.3 is 4.74 Å². The van der Waals surface area contributed by atoms with Gasteiger partial charge in [-0.1, -0.05) is 11.3 Å². The van der Waals surface area contributed by atoms with Crippen molar-refractivity contribution in [3.63, 3.8) is 0 Å². The Hall–Kier alpha value is -1.88. The molecule has 1 saturated heterocycles. The molecule has 1 aromatic carbocycles. The average molecular weight is 382 g/mol. The molecule has 1 fully saturated rings. The average Bonchev–Trinajstić information content (AvgIpc) is 3.07. The molecule has 1 aliphatic heterocycles. The summed E-state index contributed by atoms with van der Waals surface area (Å²) in [5.74, 6) is -0.366. The Bertz CT molecular complexity index is 827. The van der Waals surface area contributed by atoms with E-state index in [0.717, 1.165) is 0 Å². The second-order valence-corrected chi connectivity index (χ2v) is 8.57. The normalized spacial score (nSPS) is 21.8. The molecular weight excluding hydrogens is 364 g/mol. The van der Waals surface area contributed by atoms with Crippen molar-refractivity contribution in [3.8, 4) is 0 Å². The van der Waals surface area contributed by atoms with Crippen molar-refractivity contribution < 1.29 is 17.9 Å². The predicted molar refractivity (Wildman–Crippen MR) is 93.1 cm³/mol. The van der Waals surface area contributed by atoms with E-state index >= 15 is 0 Å². The zero-order chi connectivity index (χ0) is 18.0. The zero-order valence-corrected chi connectivity index (χ0v) is 15.4. The van der Waals surface area contributed by atoms with E-state index in [1.807, 2.05) is 13.8 Å². The summed E-state index contributed by atoms with van der Waals surface area (Å²) in [4.78, 5) is 12.3. The molecule has 2 aromatic rings. The topological polar surface area (TPSA) is 101 Å². The van der Waals surface area contributed by atoms with Crippen LogP contribution in [0.15, 0.2) is 34.7 Å². The third-order valence-corrected chi connectivity index (χ3v) is 6.17. The highest BCUT2D eigenvalue weighted by molar-refractivity contribution is 7.89. The van der Waals surface area contributed by atoms with E-state index in [4.69, 9.17) is 4.74 Å². The summed E-state index contributed by atoms with van der Waals surface area (Å²) in [5.41, 5.74) is 1.85. The molecule has 3 rings (SSSR count). The number of amides is 1. The van der Waals surface area contributed by atoms with Crippen LogP contribution in [0.5, 0.6) is 0 Å². The number of benzene rings is 1. The number of ether oxygens (including phenoxy) is 1. The number of sulfonamides is 1. The molecule has 25 heavy (non-hydrogen) atoms. The van der Waals surface area contributed by atoms with Gasteiger partial charge in [-0.15, -0.1) is 10.2 Å². The van der Waals surface area contributed by atoms with Crippen LogP contribution in [-0.2, 0) is 14.8 Å². The SMILES string of the molecule is C[C@@H]1CN(S(=O)(=O)c2ccc(C(=O)Nc3nncs3)cc2)C[C@H](C)O1. The summed E-state index contributed by atoms with van der Waals surface area (Å²) in [6.45, 7) is 4.32. The van der Waals surface area contributed by atoms with Crippen molar-refractivity contribution in [2.45, 2.75) is 31.0 Å². The number of morpholine rings is 1. The molecule has 1 N–H and O–H groups in total. The Morgan fingerprint density at radius 1 is 1.24 bits per heavy atom. The predicted octanol–water partition coefficient (Wildman–Crippen LogP) is 1.59. The quantitative estimate of drug-likeness (QED) is 0.862. The van der Waals surface area contributed by atoms with E-state index in [1.54, 1.807) is 0 Å². The van der Waals surface area contributed by atoms with Crippen LogP contribution in [0, 0.1) is 0 Å². The summed E-state index contributed by atoms with van der Waals surface area (Å²) in [6, 6.07) is 5.84. The van der Waals surface area contributed by atoms with Gasteiger partial charge in [0, 0.05) is 18.7 Å². The molecule has 134 valence electrons. The molecule has 0 aliphatic carbocycles. The monoisotopic (exact) mass is 382 g/mol. The molecule has 1 amide bonds. The van der Waals surface area contributed by atoms with Gasteiger partial charge in [0.1, 0.15) is 5.51 Å². The highest BCUT2D eigenvalue weighted by Crippen LogP contribution is 2.22. The lowest BCUT2D eigenvalue weighted by atomic mass is 10.2. The molecule has 1 aliphatic rings. The first-order chi connectivity index (χ1) is 11.9. The minimum Gasteiger partial charge on any atom is -0.373 e. The van der Waals surface area contributed by atoms with E-state index < -0.39 is 10.0 Å². The second kappa shape index (κ2) is 7.16. The van der Waals surface area contributed by atoms with Crippen molar-refractivity contribution in [1.82, 2.24) is 14.5 Å². The number of hydrogen-bond donors (Lipinski definition) is 1. The second-order valence-electron chi connectivity index (χ2n) is 5.80. The fourth-order valence-corrected chi connectivity index (χ4v) is 4.68. The minimum atomic E-state index is -3.62. The number of nitrogens with one attached hydrogen (secondary N) is 1. The van der Waals surface area contributed by atoms with Crippen LogP contribution in [0.3, 0.4) is 0 Å². The van der Waals surface area contributed by atoms with Crippen molar-refractivity contribution in [3.05, 3.63) is 35.3 Å². The van der Waals surface area contributed by atoms with Crippen molar-refractivity contribution in [1.29, 1.82) is 0 Å². The Morgan fingerprint density at radius 3 is 2.44 bits per heavy atom. The molecule has 1 aromatic heterocycles. The van der Waals surface area contributed by atoms with Crippen LogP contribution in [0.1, 0.15) is 24.2 Å². The third kappa shape index (κ3) is 4.03. The van der Waals surface area contributed by atoms with Gasteiger partial charge in [0.05, 0.1) is 17.1 Å². The fraction of sp³-hybridized carbons (Fsp3) is 0.400. The number of anilines is 1. The maximum atomic E-state index is 12.8. The molecular formula is C15H18N4O4S2. The number of nitrogens with zero attached hydrogens (tertiary/aromatic N) is 3. The largest absolute Gasteiger partial charge is 0.373 e. The van der Waals surface area contributed by atoms with Gasteiger partial charge in [-0.25, -0.2) is 8.42 Å². The molecule has 8 nitrogen and oxygen atoms in total. The van der Waals surface area contributed by atoms with Crippen molar-refractivity contribution >= 4 is 32.4 Å². The summed E-state index contributed by atoms with van der Waals surface area (Å²) in [7, 11) is -3.62. The van der Waals surface area contributed by atoms with Gasteiger partial charge in [-0.05, 0) is 38.1 Å². The first-order valence-corrected chi connectivity index (χ1v) is 10.0. The number of carbonyl (C=O) groups excluding carboxylic acids is 1. The Morgan fingerprint density at radius 2 is 1.88 bits per heavy atom. The zero-order valence-electron chi connectivity index (χ0n) is 13.7. The number of carbonyl (C=O) groups is 1. The lowest BCUT2D eigenvalue weighted by Crippen LogP contribution is -2.48. The number of hydrogen-bond acceptors (Lipinski definition) is 7. The maximum Gasteiger partial charge on any atom is 0.257 e. The summed E-state index contributed by atoms with van der Waals surface area (Å²) >= 11 is 1.20. The molecule has 0 bridgehead atoms. The summed E-state index contributed by atoms with van der Waals surface area (Å²) in [6.07, 6.45) is -0.314. The third-order valence-electron chi connectivity index (χ3n) is 3.72. The molecule has 2 heterocycles. The smallest absolute Gasteiger partial charge is 0.257 e. The molecule has 0 radical (unpaired) electrons. The van der Waals surface area contributed by atoms with Gasteiger partial charge in [-0.3, -0.25) is 10.1 Å². The summed E-state index contributed by atoms with van der Waals surface area (Å²) < 4.78 is 32.5. The van der Waals surface area contributed by atoms with Gasteiger partial charge in [0.15, 0.2) is 0 Å². The maximum absolute atomic E-state index is 12.8. The van der Waals surface area contributed by atoms with Gasteiger partial charge in [0.25, 0.3) is 5.91 Å². The molecule has 0 unspecified atom stereocenters.